The van der Waals surface area contributed by atoms with Crippen LogP contribution < -0.4 is 10.6 Å². The molecule has 2 N–H and O–H groups in total. The Morgan fingerprint density at radius 1 is 1.10 bits per heavy atom. The molecule has 0 aliphatic heterocycles. The molecular formula is C15H12BrFN2O2. The number of amides is 2. The molecule has 2 amide bonds. The van der Waals surface area contributed by atoms with E-state index < -0.39 is 11.7 Å². The third-order valence-corrected chi connectivity index (χ3v) is 3.34. The number of carbonyl (C=O) groups excluding carboxylic acids is 2. The average Bonchev–Trinajstić information content (AvgIpc) is 2.49. The summed E-state index contributed by atoms with van der Waals surface area (Å²) in [6, 6.07) is 12.5. The molecule has 21 heavy (non-hydrogen) atoms. The van der Waals surface area contributed by atoms with Gasteiger partial charge < -0.3 is 10.6 Å². The number of hydrogen-bond donors (Lipinski definition) is 2. The molecular weight excluding hydrogens is 339 g/mol. The molecule has 0 saturated heterocycles. The predicted octanol–water partition coefficient (Wildman–Crippen LogP) is 2.96. The fourth-order valence-corrected chi connectivity index (χ4v) is 1.99. The van der Waals surface area contributed by atoms with E-state index in [9.17, 15) is 14.0 Å². The van der Waals surface area contributed by atoms with Gasteiger partial charge >= 0.3 is 0 Å². The van der Waals surface area contributed by atoms with Gasteiger partial charge in [-0.25, -0.2) is 4.39 Å². The van der Waals surface area contributed by atoms with Gasteiger partial charge in [0.2, 0.25) is 5.91 Å². The summed E-state index contributed by atoms with van der Waals surface area (Å²) in [6.45, 7) is -0.198. The van der Waals surface area contributed by atoms with Gasteiger partial charge in [0.15, 0.2) is 0 Å². The summed E-state index contributed by atoms with van der Waals surface area (Å²) in [5.41, 5.74) is 0.784. The highest BCUT2D eigenvalue weighted by molar-refractivity contribution is 9.10. The minimum Gasteiger partial charge on any atom is -0.343 e. The molecule has 6 heteroatoms. The van der Waals surface area contributed by atoms with Crippen LogP contribution in [-0.2, 0) is 4.79 Å². The zero-order chi connectivity index (χ0) is 15.2. The monoisotopic (exact) mass is 350 g/mol. The van der Waals surface area contributed by atoms with Gasteiger partial charge in [-0.05, 0) is 46.3 Å². The molecule has 0 aliphatic carbocycles. The summed E-state index contributed by atoms with van der Waals surface area (Å²) >= 11 is 3.21. The Bertz CT molecular complexity index is 662. The van der Waals surface area contributed by atoms with Crippen LogP contribution in [0.4, 0.5) is 10.1 Å². The first kappa shape index (κ1) is 15.2. The maximum Gasteiger partial charge on any atom is 0.251 e. The molecule has 0 fully saturated rings. The summed E-state index contributed by atoms with van der Waals surface area (Å²) in [5, 5.41) is 5.01. The van der Waals surface area contributed by atoms with Crippen molar-refractivity contribution in [1.82, 2.24) is 5.32 Å². The number of halogens is 2. The topological polar surface area (TPSA) is 58.2 Å². The van der Waals surface area contributed by atoms with Gasteiger partial charge in [-0.15, -0.1) is 0 Å². The molecule has 0 saturated carbocycles. The van der Waals surface area contributed by atoms with Crippen LogP contribution in [0.5, 0.6) is 0 Å². The molecule has 0 heterocycles. The molecule has 2 aromatic carbocycles. The van der Waals surface area contributed by atoms with Crippen LogP contribution in [-0.4, -0.2) is 18.4 Å². The first-order valence-corrected chi connectivity index (χ1v) is 6.94. The van der Waals surface area contributed by atoms with Crippen LogP contribution >= 0.6 is 15.9 Å². The highest BCUT2D eigenvalue weighted by atomic mass is 79.9. The van der Waals surface area contributed by atoms with Crippen molar-refractivity contribution >= 4 is 33.4 Å². The standard InChI is InChI=1S/C15H12BrFN2O2/c16-12-7-6-11(17)8-13(12)19-14(20)9-18-15(21)10-4-2-1-3-5-10/h1-8H,9H2,(H,18,21)(H,19,20). The highest BCUT2D eigenvalue weighted by Crippen LogP contribution is 2.22. The molecule has 0 aliphatic rings. The van der Waals surface area contributed by atoms with Crippen molar-refractivity contribution in [1.29, 1.82) is 0 Å². The number of hydrogen-bond acceptors (Lipinski definition) is 2. The molecule has 2 rings (SSSR count). The van der Waals surface area contributed by atoms with Gasteiger partial charge in [0.05, 0.1) is 12.2 Å². The smallest absolute Gasteiger partial charge is 0.251 e. The molecule has 0 aromatic heterocycles. The average molecular weight is 351 g/mol. The van der Waals surface area contributed by atoms with E-state index in [2.05, 4.69) is 26.6 Å². The number of carbonyl (C=O) groups is 2. The molecule has 2 aromatic rings. The Balaban J connectivity index is 1.91. The number of benzene rings is 2. The van der Waals surface area contributed by atoms with Crippen molar-refractivity contribution < 1.29 is 14.0 Å². The number of rotatable bonds is 4. The van der Waals surface area contributed by atoms with E-state index in [1.165, 1.54) is 18.2 Å². The van der Waals surface area contributed by atoms with Crippen molar-refractivity contribution in [3.05, 3.63) is 64.4 Å². The van der Waals surface area contributed by atoms with Gasteiger partial charge in [0.1, 0.15) is 5.82 Å². The number of nitrogens with one attached hydrogen (secondary N) is 2. The first-order chi connectivity index (χ1) is 10.1. The largest absolute Gasteiger partial charge is 0.343 e. The SMILES string of the molecule is O=C(CNC(=O)c1ccccc1)Nc1cc(F)ccc1Br. The fraction of sp³-hybridized carbons (Fsp3) is 0.0667. The van der Waals surface area contributed by atoms with Crippen LogP contribution in [0.3, 0.4) is 0 Å². The Hall–Kier alpha value is -2.21. The molecule has 0 radical (unpaired) electrons. The highest BCUT2D eigenvalue weighted by Gasteiger charge is 2.09. The molecule has 0 spiro atoms. The van der Waals surface area contributed by atoms with Crippen molar-refractivity contribution in [2.45, 2.75) is 0 Å². The normalized spacial score (nSPS) is 10.0. The van der Waals surface area contributed by atoms with Crippen LogP contribution in [0.2, 0.25) is 0 Å². The second-order valence-electron chi connectivity index (χ2n) is 4.22. The molecule has 0 bridgehead atoms. The van der Waals surface area contributed by atoms with Gasteiger partial charge in [-0.3, -0.25) is 9.59 Å². The lowest BCUT2D eigenvalue weighted by molar-refractivity contribution is -0.115. The first-order valence-electron chi connectivity index (χ1n) is 6.14. The molecule has 4 nitrogen and oxygen atoms in total. The Morgan fingerprint density at radius 3 is 2.52 bits per heavy atom. The zero-order valence-electron chi connectivity index (χ0n) is 10.9. The Labute approximate surface area is 129 Å². The Morgan fingerprint density at radius 2 is 1.81 bits per heavy atom. The van der Waals surface area contributed by atoms with Gasteiger partial charge in [-0.1, -0.05) is 18.2 Å². The van der Waals surface area contributed by atoms with E-state index >= 15 is 0 Å². The quantitative estimate of drug-likeness (QED) is 0.890. The van der Waals surface area contributed by atoms with Crippen molar-refractivity contribution in [2.75, 3.05) is 11.9 Å². The fourth-order valence-electron chi connectivity index (χ4n) is 1.64. The van der Waals surface area contributed by atoms with E-state index in [0.29, 0.717) is 15.7 Å². The van der Waals surface area contributed by atoms with Crippen LogP contribution in [0.15, 0.2) is 53.0 Å². The third kappa shape index (κ3) is 4.39. The molecule has 108 valence electrons. The minimum absolute atomic E-state index is 0.198. The van der Waals surface area contributed by atoms with E-state index in [0.717, 1.165) is 0 Å². The van der Waals surface area contributed by atoms with Gasteiger partial charge in [0, 0.05) is 10.0 Å². The van der Waals surface area contributed by atoms with E-state index in [1.807, 2.05) is 0 Å². The minimum atomic E-state index is -0.457. The lowest BCUT2D eigenvalue weighted by atomic mass is 10.2. The second-order valence-corrected chi connectivity index (χ2v) is 5.08. The van der Waals surface area contributed by atoms with Crippen molar-refractivity contribution in [3.8, 4) is 0 Å². The van der Waals surface area contributed by atoms with E-state index in [4.69, 9.17) is 0 Å². The third-order valence-electron chi connectivity index (χ3n) is 2.65. The molecule has 0 unspecified atom stereocenters. The van der Waals surface area contributed by atoms with Gasteiger partial charge in [0.25, 0.3) is 5.91 Å². The van der Waals surface area contributed by atoms with E-state index in [-0.39, 0.29) is 12.5 Å². The summed E-state index contributed by atoms with van der Waals surface area (Å²) in [6.07, 6.45) is 0. The van der Waals surface area contributed by atoms with Crippen LogP contribution in [0.1, 0.15) is 10.4 Å². The maximum atomic E-state index is 13.1. The second kappa shape index (κ2) is 6.99. The summed E-state index contributed by atoms with van der Waals surface area (Å²) in [4.78, 5) is 23.5. The Kier molecular flexibility index (Phi) is 5.05. The van der Waals surface area contributed by atoms with E-state index in [1.54, 1.807) is 30.3 Å². The molecule has 0 atom stereocenters. The van der Waals surface area contributed by atoms with Crippen molar-refractivity contribution in [3.63, 3.8) is 0 Å². The van der Waals surface area contributed by atoms with Crippen LogP contribution in [0.25, 0.3) is 0 Å². The predicted molar refractivity (Wildman–Crippen MR) is 81.5 cm³/mol. The zero-order valence-corrected chi connectivity index (χ0v) is 12.5. The lowest BCUT2D eigenvalue weighted by Gasteiger charge is -2.08. The van der Waals surface area contributed by atoms with Gasteiger partial charge in [-0.2, -0.15) is 0 Å². The van der Waals surface area contributed by atoms with Crippen molar-refractivity contribution in [2.24, 2.45) is 0 Å². The van der Waals surface area contributed by atoms with Crippen LogP contribution in [0, 0.1) is 5.82 Å². The summed E-state index contributed by atoms with van der Waals surface area (Å²) in [7, 11) is 0. The number of anilines is 1. The summed E-state index contributed by atoms with van der Waals surface area (Å²) < 4.78 is 13.7. The lowest BCUT2D eigenvalue weighted by Crippen LogP contribution is -2.32. The maximum absolute atomic E-state index is 13.1. The summed E-state index contributed by atoms with van der Waals surface area (Å²) in [5.74, 6) is -1.24.